The number of fused-ring (bicyclic) bond motifs is 5. The molecule has 2 aromatic rings. The lowest BCUT2D eigenvalue weighted by molar-refractivity contribution is -0.342. The number of aliphatic hydroxyl groups is 2. The van der Waals surface area contributed by atoms with Crippen LogP contribution in [0.15, 0.2) is 71.8 Å². The lowest BCUT2D eigenvalue weighted by Crippen LogP contribution is -2.81. The van der Waals surface area contributed by atoms with E-state index in [1.54, 1.807) is 84.4 Å². The predicted octanol–water partition coefficient (Wildman–Crippen LogP) is 6.20. The number of carbonyl (C=O) groups excluding carboxylic acids is 4. The Labute approximate surface area is 367 Å². The van der Waals surface area contributed by atoms with Gasteiger partial charge in [0, 0.05) is 51.9 Å². The predicted molar refractivity (Wildman–Crippen MR) is 233 cm³/mol. The molecule has 2 bridgehead atoms. The largest absolute Gasteiger partial charge is 0.457 e. The number of nitrogens with one attached hydrogen (secondary N) is 1. The Bertz CT molecular complexity index is 2020. The van der Waals surface area contributed by atoms with E-state index >= 15 is 0 Å². The first-order valence-electron chi connectivity index (χ1n) is 20.9. The maximum Gasteiger partial charge on any atom is 0.408 e. The van der Waals surface area contributed by atoms with Crippen molar-refractivity contribution < 1.29 is 62.5 Å². The van der Waals surface area contributed by atoms with Crippen molar-refractivity contribution in [3.63, 3.8) is 0 Å². The third-order valence-corrected chi connectivity index (χ3v) is 14.2. The molecule has 14 nitrogen and oxygen atoms in total. The summed E-state index contributed by atoms with van der Waals surface area (Å²) in [6.07, 6.45) is -5.24. The topological polar surface area (TPSA) is 185 Å². The molecule has 1 amide bonds. The zero-order chi connectivity index (χ0) is 46.2. The number of amides is 1. The molecule has 0 radical (unpaired) electrons. The summed E-state index contributed by atoms with van der Waals surface area (Å²) in [6.45, 7) is 15.7. The van der Waals surface area contributed by atoms with E-state index in [2.05, 4.69) is 14.2 Å². The number of benzene rings is 2. The first-order chi connectivity index (χ1) is 29.1. The molecular formula is C47H64NO13P. The van der Waals surface area contributed by atoms with Gasteiger partial charge in [0.15, 0.2) is 5.60 Å². The number of aliphatic hydroxyl groups excluding tert-OH is 1. The smallest absolute Gasteiger partial charge is 0.408 e. The van der Waals surface area contributed by atoms with Crippen molar-refractivity contribution in [2.24, 2.45) is 22.7 Å². The fraction of sp³-hybridized carbons (Fsp3) is 0.596. The number of carbonyl (C=O) groups is 4. The van der Waals surface area contributed by atoms with Crippen LogP contribution in [-0.2, 0) is 42.7 Å². The third-order valence-electron chi connectivity index (χ3n) is 13.4. The van der Waals surface area contributed by atoms with Gasteiger partial charge >= 0.3 is 24.0 Å². The van der Waals surface area contributed by atoms with E-state index in [1.807, 2.05) is 45.9 Å². The van der Waals surface area contributed by atoms with Crippen molar-refractivity contribution in [1.29, 1.82) is 0 Å². The van der Waals surface area contributed by atoms with Crippen LogP contribution >= 0.6 is 8.86 Å². The Kier molecular flexibility index (Phi) is 14.6. The molecule has 3 N–H and O–H groups in total. The molecule has 340 valence electrons. The SMILES string of the molecule is CO.CO[C@H]1C(=P)[C@]2(C)[C@@H](OC)C[C@H]3OC[C@@]3(OC(C)=O)[C@H]2[C@H](OC(=O)c2ccccc2)[C@]2(O)C[C@H](OC(=O)[C@H](C)[C@@H](NC(=O)OC(C)(C)C)c3ccccc3)C(C)=C1C2(C)C. The fourth-order valence-corrected chi connectivity index (χ4v) is 10.9. The molecule has 3 fully saturated rings. The Balaban J connectivity index is 0.00000358. The van der Waals surface area contributed by atoms with E-state index in [0.717, 1.165) is 7.11 Å². The average Bonchev–Trinajstić information content (AvgIpc) is 3.21. The van der Waals surface area contributed by atoms with E-state index < -0.39 is 100 Å². The molecule has 62 heavy (non-hydrogen) atoms. The van der Waals surface area contributed by atoms with Gasteiger partial charge in [0.25, 0.3) is 0 Å². The maximum absolute atomic E-state index is 14.5. The van der Waals surface area contributed by atoms with Gasteiger partial charge in [0.05, 0.1) is 36.2 Å². The normalized spacial score (nSPS) is 32.0. The Hall–Kier alpha value is -4.17. The molecule has 1 aliphatic heterocycles. The van der Waals surface area contributed by atoms with Crippen molar-refractivity contribution in [3.8, 4) is 0 Å². The minimum atomic E-state index is -2.02. The van der Waals surface area contributed by atoms with Gasteiger partial charge in [-0.25, -0.2) is 9.59 Å². The van der Waals surface area contributed by atoms with Crippen LogP contribution in [0.2, 0.25) is 0 Å². The van der Waals surface area contributed by atoms with Crippen molar-refractivity contribution >= 4 is 38.2 Å². The summed E-state index contributed by atoms with van der Waals surface area (Å²) in [7, 11) is 8.21. The highest BCUT2D eigenvalue weighted by atomic mass is 31.0. The quantitative estimate of drug-likeness (QED) is 0.106. The van der Waals surface area contributed by atoms with Gasteiger partial charge in [-0.1, -0.05) is 69.3 Å². The number of rotatable bonds is 10. The third kappa shape index (κ3) is 8.58. The summed E-state index contributed by atoms with van der Waals surface area (Å²) in [5.74, 6) is -3.89. The van der Waals surface area contributed by atoms with Gasteiger partial charge in [-0.3, -0.25) is 9.59 Å². The van der Waals surface area contributed by atoms with Gasteiger partial charge in [-0.2, -0.15) is 0 Å². The number of ether oxygens (including phenoxy) is 7. The summed E-state index contributed by atoms with van der Waals surface area (Å²) in [4.78, 5) is 55.2. The van der Waals surface area contributed by atoms with Crippen molar-refractivity contribution in [2.45, 2.75) is 129 Å². The summed E-state index contributed by atoms with van der Waals surface area (Å²) in [5.41, 5.74) is -4.46. The van der Waals surface area contributed by atoms with Crippen LogP contribution in [0, 0.1) is 22.7 Å². The van der Waals surface area contributed by atoms with Crippen molar-refractivity contribution in [1.82, 2.24) is 5.32 Å². The Morgan fingerprint density at radius 2 is 1.53 bits per heavy atom. The molecule has 1 heterocycles. The maximum atomic E-state index is 14.5. The van der Waals surface area contributed by atoms with E-state index in [-0.39, 0.29) is 18.6 Å². The van der Waals surface area contributed by atoms with Crippen LogP contribution in [0.1, 0.15) is 97.1 Å². The summed E-state index contributed by atoms with van der Waals surface area (Å²) >= 11 is 0. The highest BCUT2D eigenvalue weighted by Crippen LogP contribution is 2.65. The molecule has 11 atom stereocenters. The minimum absolute atomic E-state index is 0.0375. The number of methoxy groups -OCH3 is 2. The second kappa shape index (κ2) is 18.5. The van der Waals surface area contributed by atoms with Crippen LogP contribution in [0.3, 0.4) is 0 Å². The minimum Gasteiger partial charge on any atom is -0.457 e. The zero-order valence-corrected chi connectivity index (χ0v) is 38.9. The Morgan fingerprint density at radius 3 is 2.05 bits per heavy atom. The van der Waals surface area contributed by atoms with Crippen molar-refractivity contribution in [3.05, 3.63) is 82.9 Å². The lowest BCUT2D eigenvalue weighted by atomic mass is 9.45. The summed E-state index contributed by atoms with van der Waals surface area (Å²) in [5, 5.41) is 24.3. The molecule has 3 aliphatic carbocycles. The second-order valence-electron chi connectivity index (χ2n) is 18.4. The van der Waals surface area contributed by atoms with Crippen LogP contribution in [0.25, 0.3) is 0 Å². The van der Waals surface area contributed by atoms with E-state index in [0.29, 0.717) is 28.4 Å². The zero-order valence-electron chi connectivity index (χ0n) is 37.9. The highest BCUT2D eigenvalue weighted by Gasteiger charge is 2.77. The first-order valence-corrected chi connectivity index (χ1v) is 21.4. The molecule has 15 heteroatoms. The monoisotopic (exact) mass is 881 g/mol. The summed E-state index contributed by atoms with van der Waals surface area (Å²) < 4.78 is 43.8. The molecule has 6 rings (SSSR count). The molecule has 4 aliphatic rings. The van der Waals surface area contributed by atoms with Gasteiger partial charge in [-0.05, 0) is 68.8 Å². The van der Waals surface area contributed by atoms with Crippen LogP contribution < -0.4 is 5.32 Å². The molecule has 2 aromatic carbocycles. The fourth-order valence-electron chi connectivity index (χ4n) is 10.3. The van der Waals surface area contributed by atoms with Gasteiger partial charge < -0.3 is 48.7 Å². The second-order valence-corrected chi connectivity index (χ2v) is 18.9. The lowest BCUT2D eigenvalue weighted by Gasteiger charge is -2.69. The molecule has 0 aromatic heterocycles. The first kappa shape index (κ1) is 48.9. The van der Waals surface area contributed by atoms with Crippen molar-refractivity contribution in [2.75, 3.05) is 27.9 Å². The summed E-state index contributed by atoms with van der Waals surface area (Å²) in [6, 6.07) is 16.6. The standard InChI is InChI=1S/C46H60NO12P.CH4O/c1-25-30(56-39(49)26(2)34(28-18-14-12-15-19-28)47-41(51)59-42(4,5)6)23-46(52)37(57-40(50)29-20-16-13-17-21-29)36-44(9,38(60)35(54-11)33(25)43(46,7)8)31(53-10)22-32-45(36,24-55-32)58-27(3)48;1-2/h12-21,26,30-32,34-37,52,60H,22-24H2,1-11H3,(H,47,51);2H,1H3/t26-,30+,31+,32-,34-,35-,36+,37+,44-,45+,46-;/m1./s1. The van der Waals surface area contributed by atoms with E-state index in [9.17, 15) is 24.3 Å². The average molecular weight is 882 g/mol. The molecule has 1 saturated heterocycles. The van der Waals surface area contributed by atoms with Crippen LogP contribution in [-0.4, -0.2) is 115 Å². The molecule has 2 saturated carbocycles. The molecular weight excluding hydrogens is 817 g/mol. The molecule has 0 spiro atoms. The number of esters is 3. The molecule has 0 unspecified atom stereocenters. The Morgan fingerprint density at radius 1 is 0.935 bits per heavy atom. The number of hydrogen-bond acceptors (Lipinski definition) is 13. The van der Waals surface area contributed by atoms with Gasteiger partial charge in [0.1, 0.15) is 35.6 Å². The van der Waals surface area contributed by atoms with Crippen LogP contribution in [0.4, 0.5) is 4.79 Å². The van der Waals surface area contributed by atoms with E-state index in [4.69, 9.17) is 38.3 Å². The number of hydrogen-bond donors (Lipinski definition) is 3. The van der Waals surface area contributed by atoms with Gasteiger partial charge in [-0.15, -0.1) is 8.86 Å². The number of alkyl carbamates (subject to hydrolysis) is 1. The highest BCUT2D eigenvalue weighted by molar-refractivity contribution is 7.21. The van der Waals surface area contributed by atoms with Crippen LogP contribution in [0.5, 0.6) is 0 Å². The van der Waals surface area contributed by atoms with E-state index in [1.165, 1.54) is 6.92 Å². The van der Waals surface area contributed by atoms with Gasteiger partial charge in [0.2, 0.25) is 0 Å².